The normalized spacial score (nSPS) is 14.4. The molecule has 0 saturated heterocycles. The number of rotatable bonds is 4. The molecule has 0 radical (unpaired) electrons. The Bertz CT molecular complexity index is 2180. The topological polar surface area (TPSA) is 56.9 Å². The van der Waals surface area contributed by atoms with Gasteiger partial charge in [-0.25, -0.2) is 0 Å². The first-order chi connectivity index (χ1) is 23.0. The number of fused-ring (bicyclic) bond motifs is 6. The summed E-state index contributed by atoms with van der Waals surface area (Å²) < 4.78 is 5.91. The first-order valence-corrected chi connectivity index (χ1v) is 16.6. The molecule has 0 amide bonds. The summed E-state index contributed by atoms with van der Waals surface area (Å²) in [6.07, 6.45) is 0. The van der Waals surface area contributed by atoms with E-state index in [1.165, 1.54) is 44.5 Å². The van der Waals surface area contributed by atoms with Gasteiger partial charge in [0.15, 0.2) is 0 Å². The Kier molecular flexibility index (Phi) is 6.68. The molecule has 0 fully saturated rings. The second-order valence-corrected chi connectivity index (χ2v) is 14.3. The quantitative estimate of drug-likeness (QED) is 0.149. The molecular weight excluding hydrogens is 585 g/mol. The van der Waals surface area contributed by atoms with Crippen LogP contribution in [0, 0.1) is 17.7 Å². The van der Waals surface area contributed by atoms with Crippen molar-refractivity contribution in [3.63, 3.8) is 0 Å². The fraction of sp³-hybridized carbons (Fsp3) is 0.156. The Morgan fingerprint density at radius 2 is 0.875 bits per heavy atom. The summed E-state index contributed by atoms with van der Waals surface area (Å²) >= 11 is 0. The van der Waals surface area contributed by atoms with Crippen LogP contribution in [0.25, 0.3) is 44.5 Å². The molecule has 0 unspecified atom stereocenters. The molecule has 234 valence electrons. The largest absolute Gasteiger partial charge is 0.421 e. The zero-order valence-electron chi connectivity index (χ0n) is 28.0. The zero-order chi connectivity index (χ0) is 33.4. The van der Waals surface area contributed by atoms with Crippen LogP contribution in [0.3, 0.4) is 0 Å². The summed E-state index contributed by atoms with van der Waals surface area (Å²) in [5.74, 6) is -0.0903. The number of ether oxygens (including phenoxy) is 1. The average molecular weight is 623 g/mol. The molecular formula is C45H38N2O. The Hall–Kier alpha value is -5.54. The third-order valence-electron chi connectivity index (χ3n) is 10.5. The van der Waals surface area contributed by atoms with E-state index in [1.54, 1.807) is 0 Å². The second-order valence-electron chi connectivity index (χ2n) is 14.3. The van der Waals surface area contributed by atoms with E-state index in [4.69, 9.17) is 15.6 Å². The van der Waals surface area contributed by atoms with Crippen LogP contribution < -0.4 is 0 Å². The maximum Gasteiger partial charge on any atom is 0.221 e. The third-order valence-corrected chi connectivity index (χ3v) is 10.5. The minimum Gasteiger partial charge on any atom is -0.421 e. The highest BCUT2D eigenvalue weighted by molar-refractivity contribution is 6.06. The van der Waals surface area contributed by atoms with Gasteiger partial charge in [0, 0.05) is 22.0 Å². The van der Waals surface area contributed by atoms with Gasteiger partial charge in [0.1, 0.15) is 0 Å². The van der Waals surface area contributed by atoms with E-state index in [1.807, 2.05) is 43.3 Å². The van der Waals surface area contributed by atoms with Gasteiger partial charge in [0.2, 0.25) is 11.8 Å². The van der Waals surface area contributed by atoms with Crippen LogP contribution in [0.2, 0.25) is 0 Å². The Morgan fingerprint density at radius 1 is 0.438 bits per heavy atom. The molecule has 0 spiro atoms. The first kappa shape index (κ1) is 29.8. The molecule has 6 aromatic rings. The van der Waals surface area contributed by atoms with Gasteiger partial charge >= 0.3 is 0 Å². The first-order valence-electron chi connectivity index (χ1n) is 16.6. The van der Waals surface area contributed by atoms with Gasteiger partial charge in [-0.2, -0.15) is 0 Å². The van der Waals surface area contributed by atoms with Crippen LogP contribution in [0.15, 0.2) is 127 Å². The Morgan fingerprint density at radius 3 is 1.38 bits per heavy atom. The van der Waals surface area contributed by atoms with Crippen LogP contribution >= 0.6 is 0 Å². The van der Waals surface area contributed by atoms with Gasteiger partial charge in [-0.15, -0.1) is 0 Å². The van der Waals surface area contributed by atoms with Crippen molar-refractivity contribution >= 4 is 11.8 Å². The lowest BCUT2D eigenvalue weighted by molar-refractivity contribution is 0.538. The van der Waals surface area contributed by atoms with Gasteiger partial charge in [-0.3, -0.25) is 10.8 Å². The van der Waals surface area contributed by atoms with E-state index in [9.17, 15) is 0 Å². The predicted octanol–water partition coefficient (Wildman–Crippen LogP) is 11.3. The van der Waals surface area contributed by atoms with Crippen molar-refractivity contribution < 1.29 is 4.74 Å². The fourth-order valence-corrected chi connectivity index (χ4v) is 7.78. The minimum absolute atomic E-state index is 0.0407. The van der Waals surface area contributed by atoms with E-state index in [-0.39, 0.29) is 22.6 Å². The Balaban J connectivity index is 1.24. The van der Waals surface area contributed by atoms with Gasteiger partial charge in [-0.05, 0) is 116 Å². The lowest BCUT2D eigenvalue weighted by atomic mass is 9.81. The monoisotopic (exact) mass is 622 g/mol. The summed E-state index contributed by atoms with van der Waals surface area (Å²) in [5.41, 5.74) is 16.8. The van der Waals surface area contributed by atoms with E-state index < -0.39 is 0 Å². The number of hydrogen-bond acceptors (Lipinski definition) is 3. The molecule has 0 aliphatic heterocycles. The van der Waals surface area contributed by atoms with Crippen LogP contribution in [0.1, 0.15) is 66.6 Å². The summed E-state index contributed by atoms with van der Waals surface area (Å²) in [7, 11) is 0. The van der Waals surface area contributed by atoms with E-state index >= 15 is 0 Å². The second kappa shape index (κ2) is 10.7. The molecule has 0 heterocycles. The van der Waals surface area contributed by atoms with Crippen LogP contribution in [0.4, 0.5) is 0 Å². The molecule has 2 aliphatic rings. The number of aryl methyl sites for hydroxylation is 1. The van der Waals surface area contributed by atoms with Crippen LogP contribution in [-0.4, -0.2) is 11.8 Å². The maximum absolute atomic E-state index is 9.05. The molecule has 3 heteroatoms. The highest BCUT2D eigenvalue weighted by atomic mass is 16.5. The molecule has 2 aliphatic carbocycles. The van der Waals surface area contributed by atoms with E-state index in [2.05, 4.69) is 119 Å². The maximum atomic E-state index is 9.05. The molecule has 0 aromatic heterocycles. The van der Waals surface area contributed by atoms with Crippen molar-refractivity contribution in [3.05, 3.63) is 166 Å². The summed E-state index contributed by atoms with van der Waals surface area (Å²) in [4.78, 5) is 0. The van der Waals surface area contributed by atoms with Gasteiger partial charge in [0.25, 0.3) is 0 Å². The molecule has 48 heavy (non-hydrogen) atoms. The highest BCUT2D eigenvalue weighted by Gasteiger charge is 2.36. The van der Waals surface area contributed by atoms with Crippen molar-refractivity contribution in [3.8, 4) is 44.5 Å². The number of benzene rings is 6. The van der Waals surface area contributed by atoms with Gasteiger partial charge in [0.05, 0.1) is 0 Å². The summed E-state index contributed by atoms with van der Waals surface area (Å²) in [6.45, 7) is 11.2. The third kappa shape index (κ3) is 4.65. The fourth-order valence-electron chi connectivity index (χ4n) is 7.78. The molecule has 8 rings (SSSR count). The molecule has 0 bridgehead atoms. The van der Waals surface area contributed by atoms with E-state index in [0.29, 0.717) is 11.1 Å². The smallest absolute Gasteiger partial charge is 0.221 e. The molecule has 6 aromatic carbocycles. The standard InChI is InChI=1S/C45H38N2O/c1-27-14-16-28(17-15-27)42(46)48-43(47)33-23-31(29-18-20-36-34-10-6-8-12-38(34)44(2,3)40(36)25-29)22-32(24-33)30-19-21-37-35-11-7-9-13-39(35)45(4,5)41(37)26-30/h6-26,46-47H,1-5H3. The summed E-state index contributed by atoms with van der Waals surface area (Å²) in [6, 6.07) is 44.8. The van der Waals surface area contributed by atoms with Crippen LogP contribution in [0.5, 0.6) is 0 Å². The SMILES string of the molecule is Cc1ccc(C(=N)OC(=N)c2cc(-c3ccc4c(c3)C(C)(C)c3ccccc3-4)cc(-c3ccc4c(c3)C(C)(C)c3ccccc3-4)c2)cc1. The van der Waals surface area contributed by atoms with Gasteiger partial charge < -0.3 is 4.74 Å². The van der Waals surface area contributed by atoms with Crippen molar-refractivity contribution in [2.45, 2.75) is 45.4 Å². The Labute approximate surface area is 282 Å². The van der Waals surface area contributed by atoms with Crippen molar-refractivity contribution in [1.29, 1.82) is 10.8 Å². The molecule has 2 N–H and O–H groups in total. The number of hydrogen-bond donors (Lipinski definition) is 2. The zero-order valence-corrected chi connectivity index (χ0v) is 28.0. The van der Waals surface area contributed by atoms with Crippen molar-refractivity contribution in [2.24, 2.45) is 0 Å². The van der Waals surface area contributed by atoms with Crippen molar-refractivity contribution in [1.82, 2.24) is 0 Å². The number of nitrogens with one attached hydrogen (secondary N) is 2. The van der Waals surface area contributed by atoms with Crippen molar-refractivity contribution in [2.75, 3.05) is 0 Å². The molecule has 0 atom stereocenters. The molecule has 0 saturated carbocycles. The van der Waals surface area contributed by atoms with Crippen LogP contribution in [-0.2, 0) is 15.6 Å². The van der Waals surface area contributed by atoms with Gasteiger partial charge in [-0.1, -0.05) is 118 Å². The highest BCUT2D eigenvalue weighted by Crippen LogP contribution is 2.51. The minimum atomic E-state index is -0.123. The summed E-state index contributed by atoms with van der Waals surface area (Å²) in [5, 5.41) is 17.7. The average Bonchev–Trinajstić information content (AvgIpc) is 3.47. The predicted molar refractivity (Wildman–Crippen MR) is 198 cm³/mol. The molecule has 3 nitrogen and oxygen atoms in total. The lowest BCUT2D eigenvalue weighted by Gasteiger charge is -2.22. The van der Waals surface area contributed by atoms with E-state index in [0.717, 1.165) is 27.8 Å². The lowest BCUT2D eigenvalue weighted by Crippen LogP contribution is -2.15.